The van der Waals surface area contributed by atoms with Crippen LogP contribution >= 0.6 is 11.3 Å². The second kappa shape index (κ2) is 11.6. The number of aliphatic hydroxyl groups excluding tert-OH is 1. The number of ether oxygens (including phenoxy) is 1. The molecular formula is C22H23N5O4S. The number of carbonyl (C=O) groups is 1. The van der Waals surface area contributed by atoms with Crippen molar-refractivity contribution >= 4 is 28.9 Å². The summed E-state index contributed by atoms with van der Waals surface area (Å²) >= 11 is 1.66. The first-order valence-electron chi connectivity index (χ1n) is 9.74. The summed E-state index contributed by atoms with van der Waals surface area (Å²) in [6.07, 6.45) is 5.98. The molecule has 1 atom stereocenters. The van der Waals surface area contributed by atoms with E-state index in [0.29, 0.717) is 12.6 Å². The predicted molar refractivity (Wildman–Crippen MR) is 122 cm³/mol. The second-order valence-corrected chi connectivity index (χ2v) is 7.51. The van der Waals surface area contributed by atoms with E-state index in [2.05, 4.69) is 20.3 Å². The summed E-state index contributed by atoms with van der Waals surface area (Å²) in [5, 5.41) is 21.0. The highest BCUT2D eigenvalue weighted by Gasteiger charge is 2.05. The first kappa shape index (κ1) is 22.9. The number of carboxylic acids is 1. The molecule has 32 heavy (non-hydrogen) atoms. The lowest BCUT2D eigenvalue weighted by molar-refractivity contribution is -0.145. The molecule has 0 aliphatic rings. The van der Waals surface area contributed by atoms with Crippen LogP contribution in [0.15, 0.2) is 72.8 Å². The average Bonchev–Trinajstić information content (AvgIpc) is 3.49. The molecule has 1 aromatic carbocycles. The molecule has 0 aliphatic carbocycles. The van der Waals surface area contributed by atoms with Crippen molar-refractivity contribution in [2.75, 3.05) is 11.9 Å². The molecule has 1 unspecified atom stereocenters. The fraction of sp³-hybridized carbons (Fsp3) is 0.182. The third-order valence-corrected chi connectivity index (χ3v) is 4.95. The lowest BCUT2D eigenvalue weighted by Crippen LogP contribution is -2.13. The molecule has 0 bridgehead atoms. The Labute approximate surface area is 189 Å². The zero-order valence-electron chi connectivity index (χ0n) is 17.3. The summed E-state index contributed by atoms with van der Waals surface area (Å²) < 4.78 is 7.79. The number of imidazole rings is 1. The van der Waals surface area contributed by atoms with E-state index in [4.69, 9.17) is 14.9 Å². The molecule has 9 nitrogen and oxygen atoms in total. The van der Waals surface area contributed by atoms with Crippen molar-refractivity contribution in [3.63, 3.8) is 0 Å². The molecule has 166 valence electrons. The number of nitrogens with one attached hydrogen (secondary N) is 1. The highest BCUT2D eigenvalue weighted by Crippen LogP contribution is 2.24. The molecule has 3 N–H and O–H groups in total. The van der Waals surface area contributed by atoms with Gasteiger partial charge in [-0.2, -0.15) is 0 Å². The lowest BCUT2D eigenvalue weighted by atomic mass is 10.3. The largest absolute Gasteiger partial charge is 0.492 e. The van der Waals surface area contributed by atoms with E-state index in [-0.39, 0.29) is 0 Å². The van der Waals surface area contributed by atoms with Gasteiger partial charge < -0.3 is 24.8 Å². The number of rotatable bonds is 8. The molecule has 0 fully saturated rings. The summed E-state index contributed by atoms with van der Waals surface area (Å²) in [6.45, 7) is 2.52. The topological polar surface area (TPSA) is 122 Å². The van der Waals surface area contributed by atoms with Gasteiger partial charge in [0.2, 0.25) is 5.95 Å². The minimum atomic E-state index is -1.23. The first-order chi connectivity index (χ1) is 15.5. The molecule has 3 aromatic heterocycles. The maximum atomic E-state index is 9.45. The molecule has 0 radical (unpaired) electrons. The van der Waals surface area contributed by atoms with Gasteiger partial charge in [-0.15, -0.1) is 11.3 Å². The van der Waals surface area contributed by atoms with Gasteiger partial charge in [-0.1, -0.05) is 12.1 Å². The lowest BCUT2D eigenvalue weighted by Gasteiger charge is -2.10. The molecule has 0 saturated carbocycles. The van der Waals surface area contributed by atoms with Crippen LogP contribution in [0.25, 0.3) is 10.6 Å². The third kappa shape index (κ3) is 7.18. The van der Waals surface area contributed by atoms with Crippen molar-refractivity contribution in [3.8, 4) is 16.3 Å². The van der Waals surface area contributed by atoms with Crippen LogP contribution in [0.3, 0.4) is 0 Å². The van der Waals surface area contributed by atoms with Crippen molar-refractivity contribution in [2.45, 2.75) is 19.6 Å². The van der Waals surface area contributed by atoms with Crippen LogP contribution in [0.5, 0.6) is 5.75 Å². The number of nitrogens with zero attached hydrogens (tertiary/aromatic N) is 4. The van der Waals surface area contributed by atoms with Crippen LogP contribution in [0.1, 0.15) is 6.92 Å². The summed E-state index contributed by atoms with van der Waals surface area (Å²) in [7, 11) is 0. The van der Waals surface area contributed by atoms with Gasteiger partial charge in [-0.3, -0.25) is 0 Å². The van der Waals surface area contributed by atoms with Crippen molar-refractivity contribution in [3.05, 3.63) is 72.8 Å². The fourth-order valence-corrected chi connectivity index (χ4v) is 3.16. The van der Waals surface area contributed by atoms with Crippen LogP contribution in [-0.4, -0.2) is 48.4 Å². The van der Waals surface area contributed by atoms with Crippen molar-refractivity contribution in [2.24, 2.45) is 0 Å². The SMILES string of the molecule is CC(O)C(=O)O.c1cc(Nc2nccc(-c3cccs3)n2)cc(OCCn2ccnc2)c1. The quantitative estimate of drug-likeness (QED) is 0.369. The maximum absolute atomic E-state index is 9.45. The Morgan fingerprint density at radius 1 is 1.25 bits per heavy atom. The van der Waals surface area contributed by atoms with E-state index in [1.54, 1.807) is 30.1 Å². The molecule has 0 aliphatic heterocycles. The molecule has 10 heteroatoms. The molecular weight excluding hydrogens is 430 g/mol. The van der Waals surface area contributed by atoms with Crippen molar-refractivity contribution in [1.29, 1.82) is 0 Å². The van der Waals surface area contributed by atoms with Gasteiger partial charge in [-0.25, -0.2) is 19.7 Å². The standard InChI is InChI=1S/C19H17N5OS.C3H6O3/c1-3-15(13-16(4-1)25-11-10-24-9-8-20-14-24)22-19-21-7-6-17(23-19)18-5-2-12-26-18;1-2(4)3(5)6/h1-9,12-14H,10-11H2,(H,21,22,23);2,4H,1H3,(H,5,6). The number of hydrogen-bond acceptors (Lipinski definition) is 8. The van der Waals surface area contributed by atoms with Gasteiger partial charge in [0.1, 0.15) is 18.5 Å². The smallest absolute Gasteiger partial charge is 0.332 e. The van der Waals surface area contributed by atoms with Crippen LogP contribution in [0.2, 0.25) is 0 Å². The van der Waals surface area contributed by atoms with Gasteiger partial charge in [-0.05, 0) is 36.6 Å². The average molecular weight is 454 g/mol. The highest BCUT2D eigenvalue weighted by atomic mass is 32.1. The Balaban J connectivity index is 0.000000427. The predicted octanol–water partition coefficient (Wildman–Crippen LogP) is 3.68. The maximum Gasteiger partial charge on any atom is 0.332 e. The number of aromatic nitrogens is 4. The first-order valence-corrected chi connectivity index (χ1v) is 10.6. The van der Waals surface area contributed by atoms with E-state index >= 15 is 0 Å². The van der Waals surface area contributed by atoms with E-state index in [9.17, 15) is 4.79 Å². The van der Waals surface area contributed by atoms with Gasteiger partial charge >= 0.3 is 5.97 Å². The van der Waals surface area contributed by atoms with Gasteiger partial charge in [0.05, 0.1) is 23.4 Å². The van der Waals surface area contributed by atoms with Crippen LogP contribution < -0.4 is 10.1 Å². The zero-order chi connectivity index (χ0) is 22.8. The second-order valence-electron chi connectivity index (χ2n) is 6.56. The molecule has 4 aromatic rings. The highest BCUT2D eigenvalue weighted by molar-refractivity contribution is 7.13. The monoisotopic (exact) mass is 453 g/mol. The fourth-order valence-electron chi connectivity index (χ4n) is 2.46. The molecule has 0 saturated heterocycles. The van der Waals surface area contributed by atoms with E-state index in [1.807, 2.05) is 58.6 Å². The van der Waals surface area contributed by atoms with Crippen molar-refractivity contribution < 1.29 is 19.7 Å². The summed E-state index contributed by atoms with van der Waals surface area (Å²) in [6, 6.07) is 13.7. The Morgan fingerprint density at radius 2 is 2.09 bits per heavy atom. The van der Waals surface area contributed by atoms with Crippen LogP contribution in [0.4, 0.5) is 11.6 Å². The van der Waals surface area contributed by atoms with E-state index in [1.165, 1.54) is 6.92 Å². The molecule has 4 rings (SSSR count). The van der Waals surface area contributed by atoms with E-state index in [0.717, 1.165) is 28.6 Å². The Morgan fingerprint density at radius 3 is 2.78 bits per heavy atom. The van der Waals surface area contributed by atoms with Gasteiger partial charge in [0.15, 0.2) is 0 Å². The zero-order valence-corrected chi connectivity index (χ0v) is 18.1. The summed E-state index contributed by atoms with van der Waals surface area (Å²) in [5.41, 5.74) is 1.79. The number of aliphatic hydroxyl groups is 1. The number of carboxylic acid groups (broad SMARTS) is 1. The summed E-state index contributed by atoms with van der Waals surface area (Å²) in [5.74, 6) is 0.172. The normalized spacial score (nSPS) is 11.2. The van der Waals surface area contributed by atoms with Crippen molar-refractivity contribution in [1.82, 2.24) is 19.5 Å². The molecule has 0 amide bonds. The number of hydrogen-bond donors (Lipinski definition) is 3. The van der Waals surface area contributed by atoms with Crippen LogP contribution in [0, 0.1) is 0 Å². The number of benzene rings is 1. The minimum absolute atomic E-state index is 0.562. The number of aliphatic carboxylic acids is 1. The Kier molecular flexibility index (Phi) is 8.29. The van der Waals surface area contributed by atoms with Gasteiger partial charge in [0, 0.05) is 30.3 Å². The number of anilines is 2. The molecule has 3 heterocycles. The summed E-state index contributed by atoms with van der Waals surface area (Å²) in [4.78, 5) is 23.5. The third-order valence-electron chi connectivity index (χ3n) is 4.05. The van der Waals surface area contributed by atoms with Crippen LogP contribution in [-0.2, 0) is 11.3 Å². The Hall–Kier alpha value is -3.76. The Bertz CT molecular complexity index is 1100. The van der Waals surface area contributed by atoms with E-state index < -0.39 is 12.1 Å². The minimum Gasteiger partial charge on any atom is -0.492 e. The van der Waals surface area contributed by atoms with Gasteiger partial charge in [0.25, 0.3) is 0 Å². The number of thiophene rings is 1. The molecule has 0 spiro atoms.